The standard InChI is InChI=1S/C45H38O/c1-5-44(6-2)38-23-15-13-21-35(38)40-33-19-10-11-20-34(33)42-36(41(40)44)26-27-45(46-42,29-16-8-7-9-17-29)30-24-25-32-31-18-12-14-22-37(31)43(3,4)39(32)28-30/h7-28H,5-6H2,1-4H3. The number of hydrogen-bond acceptors (Lipinski definition) is 1. The molecule has 0 aromatic heterocycles. The summed E-state index contributed by atoms with van der Waals surface area (Å²) >= 11 is 0. The van der Waals surface area contributed by atoms with Crippen molar-refractivity contribution >= 4 is 16.8 Å². The molecule has 3 aliphatic rings. The second kappa shape index (κ2) is 9.56. The summed E-state index contributed by atoms with van der Waals surface area (Å²) in [4.78, 5) is 0. The molecule has 0 amide bonds. The van der Waals surface area contributed by atoms with E-state index >= 15 is 0 Å². The Labute approximate surface area is 272 Å². The van der Waals surface area contributed by atoms with Gasteiger partial charge in [-0.2, -0.15) is 0 Å². The van der Waals surface area contributed by atoms with E-state index in [-0.39, 0.29) is 10.8 Å². The molecule has 1 unspecified atom stereocenters. The first-order valence-corrected chi connectivity index (χ1v) is 16.8. The molecule has 0 fully saturated rings. The Morgan fingerprint density at radius 1 is 0.565 bits per heavy atom. The van der Waals surface area contributed by atoms with Crippen molar-refractivity contribution in [3.05, 3.63) is 166 Å². The number of hydrogen-bond donors (Lipinski definition) is 0. The predicted molar refractivity (Wildman–Crippen MR) is 192 cm³/mol. The van der Waals surface area contributed by atoms with Gasteiger partial charge in [0.05, 0.1) is 0 Å². The Bertz CT molecular complexity index is 2230. The molecule has 0 spiro atoms. The number of rotatable bonds is 4. The van der Waals surface area contributed by atoms with E-state index in [9.17, 15) is 0 Å². The number of ether oxygens (including phenoxy) is 1. The summed E-state index contributed by atoms with van der Waals surface area (Å²) in [5.41, 5.74) is 13.6. The highest BCUT2D eigenvalue weighted by Crippen LogP contribution is 2.60. The molecule has 0 N–H and O–H groups in total. The van der Waals surface area contributed by atoms with Gasteiger partial charge in [0.1, 0.15) is 5.75 Å². The molecule has 0 bridgehead atoms. The minimum atomic E-state index is -0.780. The van der Waals surface area contributed by atoms with Crippen molar-refractivity contribution in [2.24, 2.45) is 0 Å². The molecule has 9 rings (SSSR count). The maximum Gasteiger partial charge on any atom is 0.178 e. The first-order chi connectivity index (χ1) is 22.4. The largest absolute Gasteiger partial charge is 0.472 e. The van der Waals surface area contributed by atoms with Gasteiger partial charge in [0, 0.05) is 32.9 Å². The highest BCUT2D eigenvalue weighted by atomic mass is 16.5. The molecule has 0 saturated carbocycles. The summed E-state index contributed by atoms with van der Waals surface area (Å²) in [7, 11) is 0. The summed E-state index contributed by atoms with van der Waals surface area (Å²) in [5.74, 6) is 0.989. The normalized spacial score (nSPS) is 19.1. The Morgan fingerprint density at radius 3 is 1.96 bits per heavy atom. The van der Waals surface area contributed by atoms with Gasteiger partial charge in [0.15, 0.2) is 5.60 Å². The average Bonchev–Trinajstić information content (AvgIpc) is 3.54. The van der Waals surface area contributed by atoms with Crippen LogP contribution in [0.1, 0.15) is 79.5 Å². The van der Waals surface area contributed by atoms with Crippen LogP contribution in [-0.2, 0) is 16.4 Å². The van der Waals surface area contributed by atoms with Crippen LogP contribution in [0, 0.1) is 0 Å². The molecule has 6 aromatic rings. The van der Waals surface area contributed by atoms with Crippen LogP contribution in [0.5, 0.6) is 5.75 Å². The topological polar surface area (TPSA) is 9.23 Å². The summed E-state index contributed by atoms with van der Waals surface area (Å²) in [6, 6.07) is 44.7. The van der Waals surface area contributed by atoms with Crippen molar-refractivity contribution in [3.8, 4) is 28.0 Å². The smallest absolute Gasteiger partial charge is 0.178 e. The van der Waals surface area contributed by atoms with Gasteiger partial charge in [0.25, 0.3) is 0 Å². The quantitative estimate of drug-likeness (QED) is 0.197. The minimum absolute atomic E-state index is 0.0656. The van der Waals surface area contributed by atoms with Crippen LogP contribution in [0.2, 0.25) is 0 Å². The molecule has 1 atom stereocenters. The van der Waals surface area contributed by atoms with Gasteiger partial charge in [-0.05, 0) is 74.9 Å². The maximum absolute atomic E-state index is 7.63. The second-order valence-corrected chi connectivity index (χ2v) is 13.8. The minimum Gasteiger partial charge on any atom is -0.472 e. The van der Waals surface area contributed by atoms with Crippen molar-refractivity contribution in [2.45, 2.75) is 57.0 Å². The van der Waals surface area contributed by atoms with Gasteiger partial charge in [0.2, 0.25) is 0 Å². The van der Waals surface area contributed by atoms with Crippen LogP contribution in [0.25, 0.3) is 39.1 Å². The van der Waals surface area contributed by atoms with Gasteiger partial charge in [-0.15, -0.1) is 0 Å². The monoisotopic (exact) mass is 594 g/mol. The second-order valence-electron chi connectivity index (χ2n) is 13.8. The van der Waals surface area contributed by atoms with Crippen LogP contribution in [0.4, 0.5) is 0 Å². The highest BCUT2D eigenvalue weighted by Gasteiger charge is 2.47. The molecule has 1 aliphatic heterocycles. The first kappa shape index (κ1) is 27.4. The van der Waals surface area contributed by atoms with Crippen LogP contribution in [0.3, 0.4) is 0 Å². The van der Waals surface area contributed by atoms with E-state index in [0.29, 0.717) is 0 Å². The van der Waals surface area contributed by atoms with Crippen LogP contribution in [-0.4, -0.2) is 0 Å². The molecule has 1 nitrogen and oxygen atoms in total. The molecule has 1 heteroatoms. The van der Waals surface area contributed by atoms with Gasteiger partial charge in [-0.1, -0.05) is 149 Å². The van der Waals surface area contributed by atoms with Crippen molar-refractivity contribution in [3.63, 3.8) is 0 Å². The summed E-state index contributed by atoms with van der Waals surface area (Å²) in [6.45, 7) is 9.41. The lowest BCUT2D eigenvalue weighted by Crippen LogP contribution is -2.35. The molecule has 0 radical (unpaired) electrons. The zero-order valence-corrected chi connectivity index (χ0v) is 27.0. The van der Waals surface area contributed by atoms with E-state index in [4.69, 9.17) is 4.74 Å². The van der Waals surface area contributed by atoms with Crippen molar-refractivity contribution in [1.82, 2.24) is 0 Å². The van der Waals surface area contributed by atoms with E-state index < -0.39 is 5.60 Å². The molecular formula is C45H38O. The molecular weight excluding hydrogens is 556 g/mol. The Balaban J connectivity index is 1.33. The van der Waals surface area contributed by atoms with Crippen molar-refractivity contribution < 1.29 is 4.74 Å². The van der Waals surface area contributed by atoms with E-state index in [0.717, 1.165) is 29.7 Å². The Kier molecular flexibility index (Phi) is 5.70. The fraction of sp³-hybridized carbons (Fsp3) is 0.200. The zero-order chi connectivity index (χ0) is 31.3. The summed E-state index contributed by atoms with van der Waals surface area (Å²) < 4.78 is 7.63. The molecule has 6 aromatic carbocycles. The lowest BCUT2D eigenvalue weighted by molar-refractivity contribution is 0.163. The fourth-order valence-corrected chi connectivity index (χ4v) is 9.20. The molecule has 0 saturated heterocycles. The van der Waals surface area contributed by atoms with E-state index in [1.54, 1.807) is 0 Å². The van der Waals surface area contributed by atoms with Gasteiger partial charge < -0.3 is 4.74 Å². The van der Waals surface area contributed by atoms with Gasteiger partial charge in [-0.25, -0.2) is 0 Å². The van der Waals surface area contributed by atoms with Crippen LogP contribution < -0.4 is 4.74 Å². The highest BCUT2D eigenvalue weighted by molar-refractivity contribution is 6.08. The van der Waals surface area contributed by atoms with Crippen LogP contribution >= 0.6 is 0 Å². The maximum atomic E-state index is 7.63. The molecule has 46 heavy (non-hydrogen) atoms. The van der Waals surface area contributed by atoms with Crippen LogP contribution in [0.15, 0.2) is 127 Å². The zero-order valence-electron chi connectivity index (χ0n) is 27.0. The number of benzene rings is 6. The molecule has 224 valence electrons. The lowest BCUT2D eigenvalue weighted by atomic mass is 9.71. The SMILES string of the molecule is CCC1(CC)c2ccccc2-c2c1c1c(c3ccccc23)OC(c2ccccc2)(c2ccc3c(c2)C(C)(C)c2ccccc2-3)C=C1. The molecule has 2 aliphatic carbocycles. The third kappa shape index (κ3) is 3.36. The van der Waals surface area contributed by atoms with Gasteiger partial charge >= 0.3 is 0 Å². The fourth-order valence-electron chi connectivity index (χ4n) is 9.20. The predicted octanol–water partition coefficient (Wildman–Crippen LogP) is 11.6. The average molecular weight is 595 g/mol. The summed E-state index contributed by atoms with van der Waals surface area (Å²) in [5, 5.41) is 2.45. The van der Waals surface area contributed by atoms with E-state index in [2.05, 4.69) is 161 Å². The third-order valence-corrected chi connectivity index (χ3v) is 11.6. The Morgan fingerprint density at radius 2 is 1.20 bits per heavy atom. The first-order valence-electron chi connectivity index (χ1n) is 16.8. The Hall–Kier alpha value is -4.88. The van der Waals surface area contributed by atoms with Crippen molar-refractivity contribution in [2.75, 3.05) is 0 Å². The lowest BCUT2D eigenvalue weighted by Gasteiger charge is -2.39. The third-order valence-electron chi connectivity index (χ3n) is 11.6. The summed E-state index contributed by atoms with van der Waals surface area (Å²) in [6.07, 6.45) is 6.82. The molecule has 1 heterocycles. The van der Waals surface area contributed by atoms with Crippen molar-refractivity contribution in [1.29, 1.82) is 0 Å². The van der Waals surface area contributed by atoms with Gasteiger partial charge in [-0.3, -0.25) is 0 Å². The van der Waals surface area contributed by atoms with E-state index in [1.165, 1.54) is 60.8 Å². The van der Waals surface area contributed by atoms with E-state index in [1.807, 2.05) is 0 Å². The number of fused-ring (bicyclic) bond motifs is 11.